The highest BCUT2D eigenvalue weighted by molar-refractivity contribution is 7.89. The first-order valence-electron chi connectivity index (χ1n) is 8.11. The highest BCUT2D eigenvalue weighted by atomic mass is 32.2. The number of esters is 1. The molecule has 1 aliphatic heterocycles. The lowest BCUT2D eigenvalue weighted by atomic mass is 10.2. The van der Waals surface area contributed by atoms with Crippen LogP contribution in [0.5, 0.6) is 0 Å². The van der Waals surface area contributed by atoms with Crippen molar-refractivity contribution in [3.05, 3.63) is 35.7 Å². The smallest absolute Gasteiger partial charge is 0.354 e. The Bertz CT molecular complexity index is 913. The molecule has 9 heteroatoms. The van der Waals surface area contributed by atoms with Gasteiger partial charge in [0, 0.05) is 31.5 Å². The molecule has 1 unspecified atom stereocenters. The summed E-state index contributed by atoms with van der Waals surface area (Å²) >= 11 is 0. The van der Waals surface area contributed by atoms with Gasteiger partial charge in [0.15, 0.2) is 0 Å². The Kier molecular flexibility index (Phi) is 4.46. The molecular weight excluding hydrogens is 344 g/mol. The zero-order valence-corrected chi connectivity index (χ0v) is 15.6. The van der Waals surface area contributed by atoms with Gasteiger partial charge in [0.05, 0.1) is 25.2 Å². The van der Waals surface area contributed by atoms with Crippen molar-refractivity contribution in [2.45, 2.75) is 38.3 Å². The Labute approximate surface area is 147 Å². The van der Waals surface area contributed by atoms with E-state index in [4.69, 9.17) is 4.74 Å². The molecule has 0 fully saturated rings. The average molecular weight is 366 g/mol. The van der Waals surface area contributed by atoms with Crippen LogP contribution in [0, 0.1) is 6.92 Å². The maximum atomic E-state index is 13.2. The zero-order valence-electron chi connectivity index (χ0n) is 14.8. The molecule has 0 aliphatic carbocycles. The van der Waals surface area contributed by atoms with E-state index in [0.717, 1.165) is 5.69 Å². The van der Waals surface area contributed by atoms with Gasteiger partial charge in [0.1, 0.15) is 10.6 Å². The fraction of sp³-hybridized carbons (Fsp3) is 0.500. The lowest BCUT2D eigenvalue weighted by Gasteiger charge is -2.31. The monoisotopic (exact) mass is 366 g/mol. The standard InChI is InChI=1S/C16H22N4O4S/c1-5-24-16(21)14-6-15(12(3)18(14)4)25(22,23)19-8-11(2)20-10-17-7-13(20)9-19/h6-7,10-11H,5,8-9H2,1-4H3. The molecule has 1 atom stereocenters. The molecule has 8 nitrogen and oxygen atoms in total. The molecule has 2 aromatic heterocycles. The van der Waals surface area contributed by atoms with Crippen molar-refractivity contribution in [2.24, 2.45) is 7.05 Å². The predicted octanol–water partition coefficient (Wildman–Crippen LogP) is 1.47. The van der Waals surface area contributed by atoms with Crippen LogP contribution in [0.2, 0.25) is 0 Å². The van der Waals surface area contributed by atoms with Crippen molar-refractivity contribution >= 4 is 16.0 Å². The van der Waals surface area contributed by atoms with E-state index in [2.05, 4.69) is 4.98 Å². The van der Waals surface area contributed by atoms with E-state index < -0.39 is 16.0 Å². The number of hydrogen-bond acceptors (Lipinski definition) is 5. The van der Waals surface area contributed by atoms with E-state index in [1.54, 1.807) is 38.0 Å². The van der Waals surface area contributed by atoms with E-state index in [0.29, 0.717) is 12.2 Å². The number of ether oxygens (including phenoxy) is 1. The van der Waals surface area contributed by atoms with Gasteiger partial charge in [-0.25, -0.2) is 18.2 Å². The third kappa shape index (κ3) is 2.87. The summed E-state index contributed by atoms with van der Waals surface area (Å²) in [6, 6.07) is 1.40. The first kappa shape index (κ1) is 17.7. The van der Waals surface area contributed by atoms with Gasteiger partial charge in [-0.3, -0.25) is 0 Å². The maximum Gasteiger partial charge on any atom is 0.354 e. The van der Waals surface area contributed by atoms with Gasteiger partial charge in [-0.05, 0) is 26.8 Å². The van der Waals surface area contributed by atoms with Crippen LogP contribution in [0.15, 0.2) is 23.5 Å². The van der Waals surface area contributed by atoms with Crippen molar-refractivity contribution in [1.82, 2.24) is 18.4 Å². The summed E-state index contributed by atoms with van der Waals surface area (Å²) in [6.07, 6.45) is 3.40. The van der Waals surface area contributed by atoms with Gasteiger partial charge in [-0.15, -0.1) is 0 Å². The van der Waals surface area contributed by atoms with Crippen molar-refractivity contribution in [3.8, 4) is 0 Å². The topological polar surface area (TPSA) is 86.4 Å². The molecule has 136 valence electrons. The SMILES string of the molecule is CCOC(=O)c1cc(S(=O)(=O)N2Cc3cncn3C(C)C2)c(C)n1C. The molecule has 3 rings (SSSR count). The minimum absolute atomic E-state index is 0.00503. The highest BCUT2D eigenvalue weighted by Crippen LogP contribution is 2.29. The van der Waals surface area contributed by atoms with Gasteiger partial charge in [0.2, 0.25) is 10.0 Å². The molecule has 2 aromatic rings. The van der Waals surface area contributed by atoms with Gasteiger partial charge >= 0.3 is 5.97 Å². The number of rotatable bonds is 4. The number of sulfonamides is 1. The van der Waals surface area contributed by atoms with Gasteiger partial charge in [0.25, 0.3) is 0 Å². The van der Waals surface area contributed by atoms with Crippen molar-refractivity contribution in [3.63, 3.8) is 0 Å². The molecule has 25 heavy (non-hydrogen) atoms. The van der Waals surface area contributed by atoms with Gasteiger partial charge in [-0.1, -0.05) is 0 Å². The second-order valence-electron chi connectivity index (χ2n) is 6.20. The predicted molar refractivity (Wildman–Crippen MR) is 90.6 cm³/mol. The maximum absolute atomic E-state index is 13.2. The second-order valence-corrected chi connectivity index (χ2v) is 8.10. The van der Waals surface area contributed by atoms with E-state index >= 15 is 0 Å². The summed E-state index contributed by atoms with van der Waals surface area (Å²) in [4.78, 5) is 16.3. The molecule has 0 N–H and O–H groups in total. The lowest BCUT2D eigenvalue weighted by Crippen LogP contribution is -2.39. The van der Waals surface area contributed by atoms with Crippen LogP contribution < -0.4 is 0 Å². The largest absolute Gasteiger partial charge is 0.461 e. The van der Waals surface area contributed by atoms with Crippen LogP contribution in [0.1, 0.15) is 41.8 Å². The number of fused-ring (bicyclic) bond motifs is 1. The fourth-order valence-corrected chi connectivity index (χ4v) is 4.90. The minimum Gasteiger partial charge on any atom is -0.461 e. The summed E-state index contributed by atoms with van der Waals surface area (Å²) in [5.74, 6) is -0.528. The number of aromatic nitrogens is 3. The van der Waals surface area contributed by atoms with Crippen LogP contribution in [0.25, 0.3) is 0 Å². The number of nitrogens with zero attached hydrogens (tertiary/aromatic N) is 4. The molecule has 1 aliphatic rings. The van der Waals surface area contributed by atoms with Crippen LogP contribution in [-0.4, -0.2) is 46.0 Å². The summed E-state index contributed by atoms with van der Waals surface area (Å²) in [5.41, 5.74) is 1.59. The molecule has 0 saturated carbocycles. The summed E-state index contributed by atoms with van der Waals surface area (Å²) in [6.45, 7) is 6.20. The zero-order chi connectivity index (χ0) is 18.4. The number of carbonyl (C=O) groups excluding carboxylic acids is 1. The quantitative estimate of drug-likeness (QED) is 0.765. The Balaban J connectivity index is 1.99. The van der Waals surface area contributed by atoms with Crippen molar-refractivity contribution < 1.29 is 17.9 Å². The summed E-state index contributed by atoms with van der Waals surface area (Å²) in [7, 11) is -2.07. The van der Waals surface area contributed by atoms with Crippen LogP contribution in [0.3, 0.4) is 0 Å². The molecule has 0 bridgehead atoms. The summed E-state index contributed by atoms with van der Waals surface area (Å²) in [5, 5.41) is 0. The number of hydrogen-bond donors (Lipinski definition) is 0. The van der Waals surface area contributed by atoms with E-state index in [1.165, 1.54) is 10.4 Å². The third-order valence-corrected chi connectivity index (χ3v) is 6.55. The summed E-state index contributed by atoms with van der Waals surface area (Å²) < 4.78 is 36.3. The average Bonchev–Trinajstić information content (AvgIpc) is 3.14. The van der Waals surface area contributed by atoms with Crippen LogP contribution in [0.4, 0.5) is 0 Å². The van der Waals surface area contributed by atoms with Crippen LogP contribution in [-0.2, 0) is 28.4 Å². The fourth-order valence-electron chi connectivity index (χ4n) is 3.13. The number of carbonyl (C=O) groups is 1. The van der Waals surface area contributed by atoms with Crippen LogP contribution >= 0.6 is 0 Å². The lowest BCUT2D eigenvalue weighted by molar-refractivity contribution is 0.0515. The number of imidazole rings is 1. The van der Waals surface area contributed by atoms with Crippen molar-refractivity contribution in [1.29, 1.82) is 0 Å². The Morgan fingerprint density at radius 1 is 1.44 bits per heavy atom. The molecule has 0 saturated heterocycles. The van der Waals surface area contributed by atoms with E-state index in [1.807, 2.05) is 11.5 Å². The highest BCUT2D eigenvalue weighted by Gasteiger charge is 2.34. The molecule has 3 heterocycles. The van der Waals surface area contributed by atoms with E-state index in [9.17, 15) is 13.2 Å². The Morgan fingerprint density at radius 2 is 2.16 bits per heavy atom. The Morgan fingerprint density at radius 3 is 2.84 bits per heavy atom. The minimum atomic E-state index is -3.73. The first-order chi connectivity index (χ1) is 11.8. The second kappa shape index (κ2) is 6.30. The molecule has 0 spiro atoms. The van der Waals surface area contributed by atoms with Gasteiger partial charge in [-0.2, -0.15) is 4.31 Å². The molecule has 0 radical (unpaired) electrons. The van der Waals surface area contributed by atoms with Gasteiger partial charge < -0.3 is 13.9 Å². The molecule has 0 amide bonds. The molecular formula is C16H22N4O4S. The third-order valence-electron chi connectivity index (χ3n) is 4.62. The molecule has 0 aromatic carbocycles. The normalized spacial score (nSPS) is 18.2. The Hall–Kier alpha value is -2.13. The van der Waals surface area contributed by atoms with E-state index in [-0.39, 0.29) is 29.8 Å². The first-order valence-corrected chi connectivity index (χ1v) is 9.55. The van der Waals surface area contributed by atoms with Crippen molar-refractivity contribution in [2.75, 3.05) is 13.2 Å².